The van der Waals surface area contributed by atoms with Crippen LogP contribution in [-0.2, 0) is 34.3 Å². The average molecular weight is 829 g/mol. The normalized spacial score (nSPS) is 14.3. The fraction of sp³-hybridized carbons (Fsp3) is 0.514. The van der Waals surface area contributed by atoms with E-state index in [0.717, 1.165) is 17.4 Å². The van der Waals surface area contributed by atoms with Crippen LogP contribution in [0.1, 0.15) is 51.8 Å². The lowest BCUT2D eigenvalue weighted by Crippen LogP contribution is -2.59. The van der Waals surface area contributed by atoms with Crippen LogP contribution >= 0.6 is 11.6 Å². The van der Waals surface area contributed by atoms with E-state index in [4.69, 9.17) is 20.8 Å². The molecule has 0 aliphatic rings. The molecule has 0 saturated heterocycles. The molecule has 55 heavy (non-hydrogen) atoms. The van der Waals surface area contributed by atoms with E-state index in [2.05, 4.69) is 5.32 Å². The van der Waals surface area contributed by atoms with Crippen molar-refractivity contribution in [1.29, 1.82) is 0 Å². The molecule has 20 heteroatoms. The van der Waals surface area contributed by atoms with Crippen LogP contribution in [0.4, 0.5) is 30.7 Å². The quantitative estimate of drug-likeness (QED) is 0.0891. The number of Topliss-reactive ketones (excluding diaryl/α,β-unsaturated/α-hetero) is 1. The summed E-state index contributed by atoms with van der Waals surface area (Å²) < 4.78 is 110. The Morgan fingerprint density at radius 2 is 1.40 bits per heavy atom. The third-order valence-corrected chi connectivity index (χ3v) is 13.5. The molecule has 4 N–H and O–H groups in total. The predicted molar refractivity (Wildman–Crippen MR) is 190 cm³/mol. The molecule has 0 radical (unpaired) electrons. The van der Waals surface area contributed by atoms with Gasteiger partial charge in [0.05, 0.1) is 19.8 Å². The molecule has 306 valence electrons. The van der Waals surface area contributed by atoms with Crippen molar-refractivity contribution in [2.45, 2.75) is 88.9 Å². The monoisotopic (exact) mass is 828 g/mol. The summed E-state index contributed by atoms with van der Waals surface area (Å²) in [4.78, 5) is 65.8. The van der Waals surface area contributed by atoms with Gasteiger partial charge in [0.25, 0.3) is 11.8 Å². The Bertz CT molecular complexity index is 1700. The summed E-state index contributed by atoms with van der Waals surface area (Å²) in [7, 11) is -1.42. The van der Waals surface area contributed by atoms with Crippen LogP contribution in [0.3, 0.4) is 0 Å². The van der Waals surface area contributed by atoms with E-state index in [1.54, 1.807) is 13.1 Å². The molecule has 2 aromatic carbocycles. The third kappa shape index (κ3) is 12.6. The lowest BCUT2D eigenvalue weighted by Gasteiger charge is -2.37. The molecule has 4 amide bonds. The number of ketones is 1. The molecule has 0 aromatic heterocycles. The van der Waals surface area contributed by atoms with E-state index in [1.807, 2.05) is 31.4 Å². The van der Waals surface area contributed by atoms with Crippen molar-refractivity contribution >= 4 is 49.3 Å². The van der Waals surface area contributed by atoms with Gasteiger partial charge in [0.15, 0.2) is 8.32 Å². The van der Waals surface area contributed by atoms with Gasteiger partial charge in [-0.2, -0.15) is 30.7 Å². The summed E-state index contributed by atoms with van der Waals surface area (Å²) in [5.41, 5.74) is -0.860. The van der Waals surface area contributed by atoms with Crippen molar-refractivity contribution in [3.8, 4) is 5.75 Å². The van der Waals surface area contributed by atoms with E-state index >= 15 is 8.78 Å². The molecule has 3 atom stereocenters. The molecule has 2 rings (SSSR count). The van der Waals surface area contributed by atoms with Gasteiger partial charge in [-0.05, 0) is 53.9 Å². The van der Waals surface area contributed by atoms with Crippen LogP contribution in [-0.4, -0.2) is 82.2 Å². The summed E-state index contributed by atoms with van der Waals surface area (Å²) in [6, 6.07) is 3.50. The zero-order chi connectivity index (χ0) is 42.3. The fourth-order valence-corrected chi connectivity index (χ4v) is 5.67. The first kappa shape index (κ1) is 46.9. The Morgan fingerprint density at radius 1 is 0.818 bits per heavy atom. The Hall–Kier alpha value is -4.23. The number of halogens is 8. The van der Waals surface area contributed by atoms with Gasteiger partial charge in [0.2, 0.25) is 17.6 Å². The minimum absolute atomic E-state index is 0.0593. The molecule has 0 saturated carbocycles. The maximum Gasteiger partial charge on any atom is 0.405 e. The van der Waals surface area contributed by atoms with Crippen LogP contribution in [0, 0.1) is 5.92 Å². The van der Waals surface area contributed by atoms with Crippen LogP contribution in [0.2, 0.25) is 23.2 Å². The van der Waals surface area contributed by atoms with E-state index < -0.39 is 104 Å². The van der Waals surface area contributed by atoms with Crippen LogP contribution in [0.15, 0.2) is 48.5 Å². The Balaban J connectivity index is 2.55. The first-order valence-electron chi connectivity index (χ1n) is 16.7. The number of alkyl halides is 7. The average Bonchev–Trinajstić information content (AvgIpc) is 3.08. The first-order valence-corrected chi connectivity index (χ1v) is 19.9. The van der Waals surface area contributed by atoms with E-state index in [9.17, 15) is 45.9 Å². The number of ether oxygens (including phenoxy) is 1. The lowest BCUT2D eigenvalue weighted by molar-refractivity contribution is -0.165. The van der Waals surface area contributed by atoms with E-state index in [1.165, 1.54) is 57.4 Å². The summed E-state index contributed by atoms with van der Waals surface area (Å²) in [6.07, 6.45) is -5.08. The van der Waals surface area contributed by atoms with Gasteiger partial charge in [0.1, 0.15) is 24.4 Å². The number of nitrogens with one attached hydrogen (secondary N) is 4. The highest BCUT2D eigenvalue weighted by Gasteiger charge is 2.52. The molecule has 0 heterocycles. The van der Waals surface area contributed by atoms with Crippen LogP contribution in [0.25, 0.3) is 0 Å². The number of amides is 4. The topological polar surface area (TPSA) is 152 Å². The number of benzene rings is 2. The molecule has 2 aromatic rings. The lowest BCUT2D eigenvalue weighted by atomic mass is 9.94. The summed E-state index contributed by atoms with van der Waals surface area (Å²) in [5, 5.41) is 6.66. The molecule has 0 fully saturated rings. The number of hydrogen-bond donors (Lipinski definition) is 4. The second-order valence-electron chi connectivity index (χ2n) is 14.4. The predicted octanol–water partition coefficient (Wildman–Crippen LogP) is 5.83. The highest BCUT2D eigenvalue weighted by atomic mass is 35.5. The highest BCUT2D eigenvalue weighted by molar-refractivity contribution is 6.74. The van der Waals surface area contributed by atoms with Gasteiger partial charge in [-0.3, -0.25) is 24.0 Å². The molecule has 0 aliphatic carbocycles. The van der Waals surface area contributed by atoms with Crippen molar-refractivity contribution in [2.24, 2.45) is 5.92 Å². The van der Waals surface area contributed by atoms with E-state index in [0.29, 0.717) is 0 Å². The maximum atomic E-state index is 15.4. The Kier molecular flexibility index (Phi) is 15.5. The highest BCUT2D eigenvalue weighted by Crippen LogP contribution is 2.37. The van der Waals surface area contributed by atoms with Gasteiger partial charge in [0, 0.05) is 10.6 Å². The minimum atomic E-state index is -5.08. The SMILES string of the molecule is COc1ccc(C(NC(=O)C(CO[Si](C)(C)C(C)(C)C)NC(=O)C(F)(F)c2cccc(Cl)c2)C(=O)NC(C(=O)C(F)(F)C(=O)NCC(F)(F)F)C(C)C)cc1. The first-order chi connectivity index (χ1) is 25.0. The zero-order valence-electron chi connectivity index (χ0n) is 31.2. The molecule has 0 spiro atoms. The van der Waals surface area contributed by atoms with Crippen LogP contribution in [0.5, 0.6) is 5.75 Å². The number of carbonyl (C=O) groups is 5. The molecular formula is C35H44ClF7N4O7Si. The number of rotatable bonds is 17. The van der Waals surface area contributed by atoms with Crippen molar-refractivity contribution in [3.05, 3.63) is 64.7 Å². The van der Waals surface area contributed by atoms with Crippen molar-refractivity contribution < 1.29 is 63.9 Å². The number of carbonyl (C=O) groups excluding carboxylic acids is 5. The zero-order valence-corrected chi connectivity index (χ0v) is 33.0. The largest absolute Gasteiger partial charge is 0.497 e. The summed E-state index contributed by atoms with van der Waals surface area (Å²) in [6.45, 7) is 8.65. The van der Waals surface area contributed by atoms with Gasteiger partial charge in [-0.25, -0.2) is 0 Å². The standard InChI is InChI=1S/C35H44ClF7N4O7Si/c1-19(2)25(27(48)35(42,43)30(51)44-18-33(37,38)39)46-29(50)26(20-12-14-23(53-6)15-13-20)47-28(49)24(17-54-55(7,8)32(3,4)5)45-31(52)34(40,41)21-10-9-11-22(36)16-21/h9-16,19,24-26H,17-18H2,1-8H3,(H,44,51)(H,45,52)(H,46,50)(H,47,49). The second kappa shape index (κ2) is 18.1. The number of methoxy groups -OCH3 is 1. The van der Waals surface area contributed by atoms with E-state index in [-0.39, 0.29) is 16.3 Å². The van der Waals surface area contributed by atoms with Crippen molar-refractivity contribution in [3.63, 3.8) is 0 Å². The Morgan fingerprint density at radius 3 is 1.89 bits per heavy atom. The third-order valence-electron chi connectivity index (χ3n) is 8.80. The van der Waals surface area contributed by atoms with Gasteiger partial charge in [-0.1, -0.05) is 70.5 Å². The number of hydrogen-bond acceptors (Lipinski definition) is 7. The van der Waals surface area contributed by atoms with Gasteiger partial charge >= 0.3 is 18.0 Å². The smallest absolute Gasteiger partial charge is 0.405 e. The molecular weight excluding hydrogens is 785 g/mol. The summed E-state index contributed by atoms with van der Waals surface area (Å²) in [5.74, 6) is -19.5. The van der Waals surface area contributed by atoms with Gasteiger partial charge < -0.3 is 30.4 Å². The van der Waals surface area contributed by atoms with Crippen molar-refractivity contribution in [1.82, 2.24) is 21.3 Å². The second-order valence-corrected chi connectivity index (χ2v) is 19.6. The van der Waals surface area contributed by atoms with Crippen LogP contribution < -0.4 is 26.0 Å². The molecule has 0 aliphatic heterocycles. The molecule has 11 nitrogen and oxygen atoms in total. The Labute approximate surface area is 319 Å². The molecule has 0 bridgehead atoms. The minimum Gasteiger partial charge on any atom is -0.497 e. The van der Waals surface area contributed by atoms with Crippen molar-refractivity contribution in [2.75, 3.05) is 20.3 Å². The fourth-order valence-electron chi connectivity index (χ4n) is 4.46. The molecule has 3 unspecified atom stereocenters. The maximum absolute atomic E-state index is 15.4. The summed E-state index contributed by atoms with van der Waals surface area (Å²) >= 11 is 5.85. The van der Waals surface area contributed by atoms with Gasteiger partial charge in [-0.15, -0.1) is 0 Å².